The van der Waals surface area contributed by atoms with Gasteiger partial charge in [0.1, 0.15) is 0 Å². The van der Waals surface area contributed by atoms with Gasteiger partial charge in [-0.25, -0.2) is 0 Å². The van der Waals surface area contributed by atoms with Gasteiger partial charge in [-0.15, -0.1) is 0 Å². The van der Waals surface area contributed by atoms with Crippen LogP contribution in [0.2, 0.25) is 0 Å². The number of aliphatic hydroxyl groups excluding tert-OH is 1. The standard InChI is InChI=1S/C13H26O/c1-5-9-13(3,4)11-8-6-7-10(2)12(11)14/h10-12,14H,5-9H2,1-4H3. The third kappa shape index (κ3) is 2.50. The number of rotatable bonds is 3. The summed E-state index contributed by atoms with van der Waals surface area (Å²) in [5.41, 5.74) is 0.322. The molecular formula is C13H26O. The number of aliphatic hydroxyl groups is 1. The Kier molecular flexibility index (Phi) is 4.00. The lowest BCUT2D eigenvalue weighted by Crippen LogP contribution is -2.40. The zero-order valence-electron chi connectivity index (χ0n) is 10.2. The van der Waals surface area contributed by atoms with Gasteiger partial charge < -0.3 is 5.11 Å². The van der Waals surface area contributed by atoms with Crippen molar-refractivity contribution in [3.63, 3.8) is 0 Å². The number of hydrogen-bond acceptors (Lipinski definition) is 1. The third-order valence-corrected chi connectivity index (χ3v) is 4.07. The van der Waals surface area contributed by atoms with E-state index in [4.69, 9.17) is 0 Å². The largest absolute Gasteiger partial charge is 0.393 e. The van der Waals surface area contributed by atoms with Gasteiger partial charge in [0.2, 0.25) is 0 Å². The molecule has 0 heterocycles. The molecule has 0 aromatic heterocycles. The molecule has 1 aliphatic rings. The summed E-state index contributed by atoms with van der Waals surface area (Å²) in [5, 5.41) is 10.2. The third-order valence-electron chi connectivity index (χ3n) is 4.07. The van der Waals surface area contributed by atoms with Crippen molar-refractivity contribution in [1.29, 1.82) is 0 Å². The average Bonchev–Trinajstić information content (AvgIpc) is 2.09. The highest BCUT2D eigenvalue weighted by Gasteiger charge is 2.38. The molecule has 1 aliphatic carbocycles. The van der Waals surface area contributed by atoms with Crippen LogP contribution < -0.4 is 0 Å². The first-order chi connectivity index (χ1) is 6.49. The molecule has 0 aromatic rings. The van der Waals surface area contributed by atoms with E-state index < -0.39 is 0 Å². The van der Waals surface area contributed by atoms with Gasteiger partial charge >= 0.3 is 0 Å². The minimum Gasteiger partial charge on any atom is -0.393 e. The monoisotopic (exact) mass is 198 g/mol. The van der Waals surface area contributed by atoms with Gasteiger partial charge in [0.15, 0.2) is 0 Å². The molecule has 0 aromatic carbocycles. The van der Waals surface area contributed by atoms with E-state index in [2.05, 4.69) is 27.7 Å². The van der Waals surface area contributed by atoms with Crippen LogP contribution in [0, 0.1) is 17.3 Å². The molecule has 3 unspecified atom stereocenters. The first kappa shape index (κ1) is 12.0. The maximum atomic E-state index is 10.2. The Bertz CT molecular complexity index is 174. The fourth-order valence-corrected chi connectivity index (χ4v) is 3.08. The van der Waals surface area contributed by atoms with Gasteiger partial charge in [0.25, 0.3) is 0 Å². The Morgan fingerprint density at radius 2 is 1.93 bits per heavy atom. The Hall–Kier alpha value is -0.0400. The molecule has 84 valence electrons. The van der Waals surface area contributed by atoms with Gasteiger partial charge in [0, 0.05) is 0 Å². The van der Waals surface area contributed by atoms with Gasteiger partial charge in [-0.3, -0.25) is 0 Å². The van der Waals surface area contributed by atoms with Crippen molar-refractivity contribution in [1.82, 2.24) is 0 Å². The maximum absolute atomic E-state index is 10.2. The summed E-state index contributed by atoms with van der Waals surface area (Å²) in [7, 11) is 0. The molecule has 1 rings (SSSR count). The molecule has 1 heteroatoms. The molecule has 0 saturated heterocycles. The van der Waals surface area contributed by atoms with Gasteiger partial charge in [-0.05, 0) is 36.5 Å². The minimum atomic E-state index is -0.0645. The normalized spacial score (nSPS) is 34.5. The zero-order valence-corrected chi connectivity index (χ0v) is 10.2. The van der Waals surface area contributed by atoms with Crippen molar-refractivity contribution in [3.05, 3.63) is 0 Å². The van der Waals surface area contributed by atoms with Crippen LogP contribution in [0.1, 0.15) is 59.8 Å². The van der Waals surface area contributed by atoms with Crippen LogP contribution in [-0.4, -0.2) is 11.2 Å². The quantitative estimate of drug-likeness (QED) is 0.734. The van der Waals surface area contributed by atoms with E-state index in [1.54, 1.807) is 0 Å². The van der Waals surface area contributed by atoms with E-state index >= 15 is 0 Å². The lowest BCUT2D eigenvalue weighted by atomic mass is 9.65. The summed E-state index contributed by atoms with van der Waals surface area (Å²) in [6.07, 6.45) is 6.13. The maximum Gasteiger partial charge on any atom is 0.0599 e. The molecule has 0 spiro atoms. The summed E-state index contributed by atoms with van der Waals surface area (Å²) in [4.78, 5) is 0. The van der Waals surface area contributed by atoms with Crippen molar-refractivity contribution in [3.8, 4) is 0 Å². The Morgan fingerprint density at radius 3 is 2.50 bits per heavy atom. The smallest absolute Gasteiger partial charge is 0.0599 e. The summed E-state index contributed by atoms with van der Waals surface area (Å²) in [6, 6.07) is 0. The molecule has 1 nitrogen and oxygen atoms in total. The highest BCUT2D eigenvalue weighted by atomic mass is 16.3. The van der Waals surface area contributed by atoms with Crippen LogP contribution in [0.5, 0.6) is 0 Å². The summed E-state index contributed by atoms with van der Waals surface area (Å²) in [6.45, 7) is 9.07. The fraction of sp³-hybridized carbons (Fsp3) is 1.00. The van der Waals surface area contributed by atoms with Crippen molar-refractivity contribution < 1.29 is 5.11 Å². The SMILES string of the molecule is CCCC(C)(C)C1CCCC(C)C1O. The van der Waals surface area contributed by atoms with E-state index in [1.165, 1.54) is 32.1 Å². The van der Waals surface area contributed by atoms with Crippen molar-refractivity contribution in [2.45, 2.75) is 65.9 Å². The molecule has 0 bridgehead atoms. The lowest BCUT2D eigenvalue weighted by molar-refractivity contribution is -0.0337. The molecule has 14 heavy (non-hydrogen) atoms. The lowest BCUT2D eigenvalue weighted by Gasteiger charge is -2.43. The first-order valence-corrected chi connectivity index (χ1v) is 6.17. The van der Waals surface area contributed by atoms with Crippen LogP contribution in [0.15, 0.2) is 0 Å². The Morgan fingerprint density at radius 1 is 1.29 bits per heavy atom. The van der Waals surface area contributed by atoms with E-state index in [-0.39, 0.29) is 6.10 Å². The minimum absolute atomic E-state index is 0.0645. The second kappa shape index (κ2) is 4.65. The van der Waals surface area contributed by atoms with E-state index in [9.17, 15) is 5.11 Å². The predicted molar refractivity (Wildman–Crippen MR) is 61.2 cm³/mol. The van der Waals surface area contributed by atoms with Crippen LogP contribution in [0.3, 0.4) is 0 Å². The Balaban J connectivity index is 2.65. The molecular weight excluding hydrogens is 172 g/mol. The van der Waals surface area contributed by atoms with Gasteiger partial charge in [-0.2, -0.15) is 0 Å². The van der Waals surface area contributed by atoms with Crippen LogP contribution in [0.25, 0.3) is 0 Å². The van der Waals surface area contributed by atoms with Crippen LogP contribution >= 0.6 is 0 Å². The topological polar surface area (TPSA) is 20.2 Å². The summed E-state index contributed by atoms with van der Waals surface area (Å²) >= 11 is 0. The average molecular weight is 198 g/mol. The van der Waals surface area contributed by atoms with Crippen LogP contribution in [0.4, 0.5) is 0 Å². The zero-order chi connectivity index (χ0) is 10.8. The second-order valence-electron chi connectivity index (χ2n) is 5.74. The molecule has 0 aliphatic heterocycles. The Labute approximate surface area is 88.9 Å². The van der Waals surface area contributed by atoms with Crippen molar-refractivity contribution >= 4 is 0 Å². The summed E-state index contributed by atoms with van der Waals surface area (Å²) < 4.78 is 0. The highest BCUT2D eigenvalue weighted by molar-refractivity contribution is 4.88. The van der Waals surface area contributed by atoms with Crippen molar-refractivity contribution in [2.24, 2.45) is 17.3 Å². The first-order valence-electron chi connectivity index (χ1n) is 6.17. The highest BCUT2D eigenvalue weighted by Crippen LogP contribution is 2.43. The van der Waals surface area contributed by atoms with Gasteiger partial charge in [-0.1, -0.05) is 40.5 Å². The number of hydrogen-bond donors (Lipinski definition) is 1. The molecule has 0 radical (unpaired) electrons. The van der Waals surface area contributed by atoms with E-state index in [0.717, 1.165) is 0 Å². The summed E-state index contributed by atoms with van der Waals surface area (Å²) in [5.74, 6) is 1.02. The molecule has 3 atom stereocenters. The second-order valence-corrected chi connectivity index (χ2v) is 5.74. The van der Waals surface area contributed by atoms with E-state index in [1.807, 2.05) is 0 Å². The molecule has 1 N–H and O–H groups in total. The fourth-order valence-electron chi connectivity index (χ4n) is 3.08. The van der Waals surface area contributed by atoms with E-state index in [0.29, 0.717) is 17.3 Å². The van der Waals surface area contributed by atoms with Crippen molar-refractivity contribution in [2.75, 3.05) is 0 Å². The van der Waals surface area contributed by atoms with Crippen LogP contribution in [-0.2, 0) is 0 Å². The predicted octanol–water partition coefficient (Wildman–Crippen LogP) is 3.61. The molecule has 0 amide bonds. The van der Waals surface area contributed by atoms with Gasteiger partial charge in [0.05, 0.1) is 6.10 Å². The molecule has 1 saturated carbocycles. The molecule has 1 fully saturated rings.